The maximum atomic E-state index is 12.9. The number of unbranched alkanes of at least 4 members (excludes halogenated alkanes) is 1. The Morgan fingerprint density at radius 1 is 0.795 bits per heavy atom. The van der Waals surface area contributed by atoms with Crippen molar-refractivity contribution in [2.24, 2.45) is 11.3 Å². The smallest absolute Gasteiger partial charge is 0.327 e. The van der Waals surface area contributed by atoms with Gasteiger partial charge in [-0.05, 0) is 70.6 Å². The lowest BCUT2D eigenvalue weighted by molar-refractivity contribution is -0.128. The molecule has 39 heavy (non-hydrogen) atoms. The van der Waals surface area contributed by atoms with Gasteiger partial charge in [0.1, 0.15) is 13.1 Å². The van der Waals surface area contributed by atoms with Crippen molar-refractivity contribution in [1.29, 1.82) is 0 Å². The van der Waals surface area contributed by atoms with E-state index in [4.69, 9.17) is 4.74 Å². The second kappa shape index (κ2) is 15.6. The third kappa shape index (κ3) is 8.41. The number of carbonyl (C=O) groups excluding carboxylic acids is 4. The van der Waals surface area contributed by atoms with Gasteiger partial charge in [-0.15, -0.1) is 0 Å². The van der Waals surface area contributed by atoms with Crippen LogP contribution < -0.4 is 0 Å². The molecule has 2 aliphatic heterocycles. The quantitative estimate of drug-likeness (QED) is 0.156. The van der Waals surface area contributed by atoms with E-state index in [1.807, 2.05) is 20.8 Å². The van der Waals surface area contributed by atoms with Crippen LogP contribution in [0.5, 0.6) is 0 Å². The monoisotopic (exact) mass is 550 g/mol. The van der Waals surface area contributed by atoms with Gasteiger partial charge in [-0.3, -0.25) is 19.4 Å². The lowest BCUT2D eigenvalue weighted by Gasteiger charge is -2.35. The van der Waals surface area contributed by atoms with E-state index in [1.54, 1.807) is 9.80 Å². The molecule has 2 rings (SSSR count). The minimum Gasteiger partial charge on any atom is -0.378 e. The topological polar surface area (TPSA) is 90.5 Å². The number of rotatable bonds is 19. The molecule has 0 aromatic rings. The van der Waals surface area contributed by atoms with E-state index >= 15 is 0 Å². The summed E-state index contributed by atoms with van der Waals surface area (Å²) in [5.74, 6) is 0.274. The second-order valence-electron chi connectivity index (χ2n) is 11.5. The first-order valence-electron chi connectivity index (χ1n) is 15.4. The van der Waals surface area contributed by atoms with Crippen molar-refractivity contribution in [2.75, 3.05) is 39.3 Å². The van der Waals surface area contributed by atoms with Crippen LogP contribution in [0.2, 0.25) is 0 Å². The van der Waals surface area contributed by atoms with Crippen LogP contribution in [0.4, 0.5) is 9.59 Å². The maximum Gasteiger partial charge on any atom is 0.327 e. The van der Waals surface area contributed by atoms with Gasteiger partial charge in [0, 0.05) is 32.3 Å². The van der Waals surface area contributed by atoms with Crippen LogP contribution in [-0.2, 0) is 14.3 Å². The summed E-state index contributed by atoms with van der Waals surface area (Å²) in [5, 5.41) is 0. The van der Waals surface area contributed by atoms with E-state index in [1.165, 1.54) is 9.80 Å². The Morgan fingerprint density at radius 3 is 1.90 bits per heavy atom. The molecule has 0 aromatic heterocycles. The molecule has 224 valence electrons. The summed E-state index contributed by atoms with van der Waals surface area (Å²) in [7, 11) is 0. The molecule has 2 atom stereocenters. The van der Waals surface area contributed by atoms with E-state index in [0.717, 1.165) is 51.4 Å². The SMILES string of the molecule is CCC(CC)CC(CC(C)OCCCCC(CC)(CC)CN1C(=O)CN(CC)C1=O)N1C(=O)CN(CC)C1=O. The Hall–Kier alpha value is -2.16. The Balaban J connectivity index is 1.90. The van der Waals surface area contributed by atoms with Crippen LogP contribution in [-0.4, -0.2) is 95.0 Å². The molecule has 0 saturated carbocycles. The van der Waals surface area contributed by atoms with Crippen molar-refractivity contribution in [3.63, 3.8) is 0 Å². The fourth-order valence-electron chi connectivity index (χ4n) is 6.06. The number of hydrogen-bond donors (Lipinski definition) is 0. The third-order valence-electron chi connectivity index (χ3n) is 9.19. The minimum atomic E-state index is -0.168. The van der Waals surface area contributed by atoms with E-state index in [-0.39, 0.29) is 54.5 Å². The highest BCUT2D eigenvalue weighted by atomic mass is 16.5. The number of carbonyl (C=O) groups is 4. The molecular weight excluding hydrogens is 496 g/mol. The van der Waals surface area contributed by atoms with Gasteiger partial charge in [0.2, 0.25) is 5.91 Å². The molecule has 0 N–H and O–H groups in total. The predicted octanol–water partition coefficient (Wildman–Crippen LogP) is 5.52. The molecule has 9 heteroatoms. The number of imide groups is 2. The number of likely N-dealkylation sites (N-methyl/N-ethyl adjacent to an activating group) is 2. The average molecular weight is 551 g/mol. The van der Waals surface area contributed by atoms with Crippen molar-refractivity contribution < 1.29 is 23.9 Å². The van der Waals surface area contributed by atoms with Gasteiger partial charge in [-0.2, -0.15) is 0 Å². The van der Waals surface area contributed by atoms with Gasteiger partial charge in [0.05, 0.1) is 6.10 Å². The number of ether oxygens (including phenoxy) is 1. The highest BCUT2D eigenvalue weighted by Gasteiger charge is 2.41. The maximum absolute atomic E-state index is 12.9. The molecule has 2 saturated heterocycles. The second-order valence-corrected chi connectivity index (χ2v) is 11.5. The van der Waals surface area contributed by atoms with Crippen molar-refractivity contribution in [3.8, 4) is 0 Å². The lowest BCUT2D eigenvalue weighted by Crippen LogP contribution is -2.44. The molecule has 0 bridgehead atoms. The number of urea groups is 2. The molecule has 2 fully saturated rings. The first-order valence-corrected chi connectivity index (χ1v) is 15.4. The van der Waals surface area contributed by atoms with Crippen LogP contribution >= 0.6 is 0 Å². The van der Waals surface area contributed by atoms with Crippen LogP contribution in [0.3, 0.4) is 0 Å². The van der Waals surface area contributed by atoms with Gasteiger partial charge >= 0.3 is 12.1 Å². The average Bonchev–Trinajstić information content (AvgIpc) is 3.37. The van der Waals surface area contributed by atoms with Gasteiger partial charge in [0.15, 0.2) is 0 Å². The summed E-state index contributed by atoms with van der Waals surface area (Å²) in [6.07, 6.45) is 8.04. The van der Waals surface area contributed by atoms with Crippen LogP contribution in [0.1, 0.15) is 106 Å². The summed E-state index contributed by atoms with van der Waals surface area (Å²) < 4.78 is 6.19. The van der Waals surface area contributed by atoms with Crippen LogP contribution in [0.25, 0.3) is 0 Å². The Bertz CT molecular complexity index is 826. The van der Waals surface area contributed by atoms with Crippen molar-refractivity contribution in [1.82, 2.24) is 19.6 Å². The first kappa shape index (κ1) is 33.0. The highest BCUT2D eigenvalue weighted by molar-refractivity contribution is 6.02. The largest absolute Gasteiger partial charge is 0.378 e. The molecule has 2 heterocycles. The first-order chi connectivity index (χ1) is 18.6. The van der Waals surface area contributed by atoms with Gasteiger partial charge in [0.25, 0.3) is 5.91 Å². The van der Waals surface area contributed by atoms with Gasteiger partial charge in [-0.25, -0.2) is 9.59 Å². The third-order valence-corrected chi connectivity index (χ3v) is 9.19. The summed E-state index contributed by atoms with van der Waals surface area (Å²) in [4.78, 5) is 57.0. The van der Waals surface area contributed by atoms with Crippen LogP contribution in [0, 0.1) is 11.3 Å². The predicted molar refractivity (Wildman–Crippen MR) is 153 cm³/mol. The van der Waals surface area contributed by atoms with Gasteiger partial charge < -0.3 is 14.5 Å². The fourth-order valence-corrected chi connectivity index (χ4v) is 6.06. The van der Waals surface area contributed by atoms with E-state index in [9.17, 15) is 19.2 Å². The molecule has 9 nitrogen and oxygen atoms in total. The molecule has 0 radical (unpaired) electrons. The van der Waals surface area contributed by atoms with E-state index < -0.39 is 0 Å². The van der Waals surface area contributed by atoms with Crippen LogP contribution in [0.15, 0.2) is 0 Å². The van der Waals surface area contributed by atoms with Gasteiger partial charge in [-0.1, -0.05) is 47.0 Å². The molecular formula is C30H54N4O5. The zero-order valence-corrected chi connectivity index (χ0v) is 25.7. The Morgan fingerprint density at radius 2 is 1.38 bits per heavy atom. The zero-order valence-electron chi connectivity index (χ0n) is 25.7. The number of nitrogens with zero attached hydrogens (tertiary/aromatic N) is 4. The van der Waals surface area contributed by atoms with Crippen molar-refractivity contribution in [3.05, 3.63) is 0 Å². The van der Waals surface area contributed by atoms with E-state index in [2.05, 4.69) is 27.7 Å². The minimum absolute atomic E-state index is 0.0670. The lowest BCUT2D eigenvalue weighted by atomic mass is 9.77. The van der Waals surface area contributed by atoms with Crippen molar-refractivity contribution >= 4 is 23.9 Å². The summed E-state index contributed by atoms with van der Waals surface area (Å²) in [6.45, 7) is 17.0. The highest BCUT2D eigenvalue weighted by Crippen LogP contribution is 2.35. The number of amides is 6. The Labute approximate surface area is 236 Å². The molecule has 0 aliphatic carbocycles. The molecule has 0 aromatic carbocycles. The number of hydrogen-bond acceptors (Lipinski definition) is 5. The summed E-state index contributed by atoms with van der Waals surface area (Å²) in [5.41, 5.74) is -0.0806. The fraction of sp³-hybridized carbons (Fsp3) is 0.867. The summed E-state index contributed by atoms with van der Waals surface area (Å²) >= 11 is 0. The molecule has 2 unspecified atom stereocenters. The molecule has 6 amide bonds. The zero-order chi connectivity index (χ0) is 29.2. The Kier molecular flexibility index (Phi) is 13.2. The van der Waals surface area contributed by atoms with Crippen molar-refractivity contribution in [2.45, 2.75) is 118 Å². The summed E-state index contributed by atoms with van der Waals surface area (Å²) in [6, 6.07) is -0.475. The van der Waals surface area contributed by atoms with E-state index in [0.29, 0.717) is 38.6 Å². The standard InChI is InChI=1S/C30H54N4O5/c1-8-24(9-2)19-25(34-27(36)21-32(13-6)29(34)38)18-23(7)39-17-15-14-16-30(10-3,11-4)22-33-26(35)20-31(12-5)28(33)37/h23-25H,8-22H2,1-7H3. The molecule has 0 spiro atoms. The normalized spacial score (nSPS) is 18.4. The molecule has 2 aliphatic rings.